The summed E-state index contributed by atoms with van der Waals surface area (Å²) in [6, 6.07) is 6.06. The highest BCUT2D eigenvalue weighted by atomic mass is 19.4. The van der Waals surface area contributed by atoms with Crippen molar-refractivity contribution in [3.8, 4) is 0 Å². The number of likely N-dealkylation sites (tertiary alicyclic amines) is 1. The summed E-state index contributed by atoms with van der Waals surface area (Å²) >= 11 is 0. The lowest BCUT2D eigenvalue weighted by Crippen LogP contribution is -2.48. The van der Waals surface area contributed by atoms with Gasteiger partial charge >= 0.3 is 12.1 Å². The monoisotopic (exact) mass is 328 g/mol. The van der Waals surface area contributed by atoms with E-state index in [2.05, 4.69) is 5.32 Å². The molecular weight excluding hydrogens is 309 g/mol. The van der Waals surface area contributed by atoms with Crippen LogP contribution in [0.3, 0.4) is 0 Å². The second-order valence-corrected chi connectivity index (χ2v) is 5.89. The largest absolute Gasteiger partial charge is 0.471 e. The third kappa shape index (κ3) is 3.83. The molecule has 2 rings (SSSR count). The van der Waals surface area contributed by atoms with E-state index in [9.17, 15) is 22.8 Å². The molecule has 1 aromatic rings. The number of rotatable bonds is 3. The zero-order chi connectivity index (χ0) is 17.2. The minimum absolute atomic E-state index is 0.0533. The summed E-state index contributed by atoms with van der Waals surface area (Å²) in [6.45, 7) is 3.86. The van der Waals surface area contributed by atoms with Gasteiger partial charge in [0.25, 0.3) is 0 Å². The normalized spacial score (nSPS) is 18.3. The van der Waals surface area contributed by atoms with Gasteiger partial charge in [-0.25, -0.2) is 0 Å². The molecule has 0 bridgehead atoms. The summed E-state index contributed by atoms with van der Waals surface area (Å²) in [5.74, 6) is -2.37. The van der Waals surface area contributed by atoms with E-state index >= 15 is 0 Å². The molecule has 126 valence electrons. The smallest absolute Gasteiger partial charge is 0.324 e. The van der Waals surface area contributed by atoms with E-state index in [4.69, 9.17) is 0 Å². The predicted molar refractivity (Wildman–Crippen MR) is 80.0 cm³/mol. The highest BCUT2D eigenvalue weighted by molar-refractivity contribution is 5.98. The van der Waals surface area contributed by atoms with Crippen LogP contribution in [-0.2, 0) is 9.59 Å². The van der Waals surface area contributed by atoms with Gasteiger partial charge in [0.2, 0.25) is 5.91 Å². The van der Waals surface area contributed by atoms with Crippen molar-refractivity contribution in [2.24, 2.45) is 0 Å². The highest BCUT2D eigenvalue weighted by Crippen LogP contribution is 2.28. The van der Waals surface area contributed by atoms with E-state index < -0.39 is 24.0 Å². The summed E-state index contributed by atoms with van der Waals surface area (Å²) in [5.41, 5.74) is 1.46. The quantitative estimate of drug-likeness (QED) is 0.925. The Balaban J connectivity index is 2.16. The lowest BCUT2D eigenvalue weighted by atomic mass is 10.0. The van der Waals surface area contributed by atoms with Crippen molar-refractivity contribution in [2.45, 2.75) is 44.8 Å². The number of para-hydroxylation sites is 1. The van der Waals surface area contributed by atoms with Crippen molar-refractivity contribution < 1.29 is 22.8 Å². The molecule has 2 amide bonds. The maximum absolute atomic E-state index is 12.6. The maximum Gasteiger partial charge on any atom is 0.471 e. The minimum Gasteiger partial charge on any atom is -0.324 e. The Morgan fingerprint density at radius 1 is 1.26 bits per heavy atom. The molecule has 0 aromatic heterocycles. The third-order valence-electron chi connectivity index (χ3n) is 3.90. The van der Waals surface area contributed by atoms with Crippen molar-refractivity contribution >= 4 is 17.5 Å². The van der Waals surface area contributed by atoms with Gasteiger partial charge in [0, 0.05) is 12.2 Å². The van der Waals surface area contributed by atoms with Crippen molar-refractivity contribution in [1.29, 1.82) is 0 Å². The number of alkyl halides is 3. The van der Waals surface area contributed by atoms with Crippen molar-refractivity contribution in [3.63, 3.8) is 0 Å². The minimum atomic E-state index is -4.96. The molecule has 1 heterocycles. The average molecular weight is 328 g/mol. The molecule has 4 nitrogen and oxygen atoms in total. The topological polar surface area (TPSA) is 49.4 Å². The van der Waals surface area contributed by atoms with Crippen LogP contribution >= 0.6 is 0 Å². The number of nitrogens with one attached hydrogen (secondary N) is 1. The fraction of sp³-hybridized carbons (Fsp3) is 0.500. The number of carbonyl (C=O) groups is 2. The van der Waals surface area contributed by atoms with Crippen LogP contribution in [0.5, 0.6) is 0 Å². The van der Waals surface area contributed by atoms with Gasteiger partial charge in [-0.15, -0.1) is 0 Å². The molecule has 23 heavy (non-hydrogen) atoms. The van der Waals surface area contributed by atoms with E-state index in [1.807, 2.05) is 26.0 Å². The molecule has 1 aliphatic rings. The van der Waals surface area contributed by atoms with Crippen LogP contribution in [0.25, 0.3) is 0 Å². The van der Waals surface area contributed by atoms with Crippen molar-refractivity contribution in [3.05, 3.63) is 29.8 Å². The summed E-state index contributed by atoms with van der Waals surface area (Å²) in [6.07, 6.45) is -4.35. The first-order chi connectivity index (χ1) is 10.7. The molecule has 1 unspecified atom stereocenters. The van der Waals surface area contributed by atoms with Crippen LogP contribution in [0.15, 0.2) is 24.3 Å². The number of hydrogen-bond donors (Lipinski definition) is 1. The number of benzene rings is 1. The van der Waals surface area contributed by atoms with Crippen molar-refractivity contribution in [1.82, 2.24) is 4.90 Å². The van der Waals surface area contributed by atoms with Gasteiger partial charge in [-0.3, -0.25) is 9.59 Å². The van der Waals surface area contributed by atoms with E-state index in [0.717, 1.165) is 5.56 Å². The molecule has 1 saturated heterocycles. The van der Waals surface area contributed by atoms with Crippen LogP contribution in [-0.4, -0.2) is 35.5 Å². The Bertz CT molecular complexity index is 599. The fourth-order valence-electron chi connectivity index (χ4n) is 2.78. The van der Waals surface area contributed by atoms with Gasteiger partial charge in [0.05, 0.1) is 0 Å². The van der Waals surface area contributed by atoms with Crippen molar-refractivity contribution in [2.75, 3.05) is 11.9 Å². The van der Waals surface area contributed by atoms with Crippen LogP contribution in [0.1, 0.15) is 38.2 Å². The van der Waals surface area contributed by atoms with Gasteiger partial charge in [-0.05, 0) is 30.4 Å². The molecule has 1 fully saturated rings. The van der Waals surface area contributed by atoms with Crippen LogP contribution < -0.4 is 5.32 Å². The molecule has 7 heteroatoms. The first kappa shape index (κ1) is 17.3. The second-order valence-electron chi connectivity index (χ2n) is 5.89. The van der Waals surface area contributed by atoms with Crippen LogP contribution in [0.4, 0.5) is 18.9 Å². The van der Waals surface area contributed by atoms with Gasteiger partial charge < -0.3 is 10.2 Å². The molecule has 1 aliphatic heterocycles. The Hall–Kier alpha value is -2.05. The van der Waals surface area contributed by atoms with Gasteiger partial charge in [0.15, 0.2) is 0 Å². The molecule has 0 saturated carbocycles. The maximum atomic E-state index is 12.6. The molecule has 1 N–H and O–H groups in total. The Kier molecular flexibility index (Phi) is 4.97. The Morgan fingerprint density at radius 3 is 2.52 bits per heavy atom. The lowest BCUT2D eigenvalue weighted by Gasteiger charge is -2.25. The molecule has 0 radical (unpaired) electrons. The number of amides is 2. The average Bonchev–Trinajstić information content (AvgIpc) is 2.95. The number of nitrogens with zero attached hydrogens (tertiary/aromatic N) is 1. The van der Waals surface area contributed by atoms with E-state index in [-0.39, 0.29) is 18.9 Å². The summed E-state index contributed by atoms with van der Waals surface area (Å²) in [5, 5.41) is 2.67. The van der Waals surface area contributed by atoms with Gasteiger partial charge in [-0.1, -0.05) is 32.0 Å². The van der Waals surface area contributed by atoms with Crippen LogP contribution in [0, 0.1) is 0 Å². The van der Waals surface area contributed by atoms with Gasteiger partial charge in [-0.2, -0.15) is 13.2 Å². The zero-order valence-corrected chi connectivity index (χ0v) is 13.0. The molecule has 1 aromatic carbocycles. The summed E-state index contributed by atoms with van der Waals surface area (Å²) in [7, 11) is 0. The third-order valence-corrected chi connectivity index (χ3v) is 3.90. The first-order valence-electron chi connectivity index (χ1n) is 7.49. The summed E-state index contributed by atoms with van der Waals surface area (Å²) in [4.78, 5) is 24.4. The molecule has 1 atom stereocenters. The predicted octanol–water partition coefficient (Wildman–Crippen LogP) is 3.30. The number of anilines is 1. The van der Waals surface area contributed by atoms with E-state index in [1.165, 1.54) is 0 Å². The Morgan fingerprint density at radius 2 is 1.91 bits per heavy atom. The first-order valence-corrected chi connectivity index (χ1v) is 7.49. The zero-order valence-electron chi connectivity index (χ0n) is 13.0. The standard InChI is InChI=1S/C16H19F3N2O2/c1-10(2)11-6-3-4-7-12(11)20-14(22)13-8-5-9-21(13)15(23)16(17,18)19/h3-4,6-7,10,13H,5,8-9H2,1-2H3,(H,20,22). The van der Waals surface area contributed by atoms with Gasteiger partial charge in [0.1, 0.15) is 6.04 Å². The van der Waals surface area contributed by atoms with Crippen LogP contribution in [0.2, 0.25) is 0 Å². The number of hydrogen-bond acceptors (Lipinski definition) is 2. The molecular formula is C16H19F3N2O2. The molecule has 0 spiro atoms. The van der Waals surface area contributed by atoms with E-state index in [1.54, 1.807) is 12.1 Å². The number of carbonyl (C=O) groups excluding carboxylic acids is 2. The fourth-order valence-corrected chi connectivity index (χ4v) is 2.78. The second kappa shape index (κ2) is 6.60. The SMILES string of the molecule is CC(C)c1ccccc1NC(=O)C1CCCN1C(=O)C(F)(F)F. The van der Waals surface area contributed by atoms with E-state index in [0.29, 0.717) is 17.0 Å². The lowest BCUT2D eigenvalue weighted by molar-refractivity contribution is -0.186. The molecule has 0 aliphatic carbocycles. The highest BCUT2D eigenvalue weighted by Gasteiger charge is 2.47. The number of halogens is 3. The Labute approximate surface area is 132 Å². The summed E-state index contributed by atoms with van der Waals surface area (Å²) < 4.78 is 37.8.